The van der Waals surface area contributed by atoms with Gasteiger partial charge in [-0.1, -0.05) is 18.2 Å². The fourth-order valence-electron chi connectivity index (χ4n) is 4.33. The summed E-state index contributed by atoms with van der Waals surface area (Å²) in [5.74, 6) is -0.966. The first-order chi connectivity index (χ1) is 17.2. The third-order valence-electron chi connectivity index (χ3n) is 6.12. The summed E-state index contributed by atoms with van der Waals surface area (Å²) in [5, 5.41) is 3.47. The monoisotopic (exact) mass is 466 g/mol. The van der Waals surface area contributed by atoms with Crippen molar-refractivity contribution in [2.45, 2.75) is 19.3 Å². The van der Waals surface area contributed by atoms with Gasteiger partial charge in [0.2, 0.25) is 0 Å². The molecule has 1 N–H and O–H groups in total. The van der Waals surface area contributed by atoms with Gasteiger partial charge < -0.3 is 15.0 Å². The summed E-state index contributed by atoms with van der Waals surface area (Å²) < 4.78 is 5.38. The fraction of sp³-hybridized carbons (Fsp3) is 0.214. The van der Waals surface area contributed by atoms with E-state index in [9.17, 15) is 9.59 Å². The minimum absolute atomic E-state index is 0.362. The van der Waals surface area contributed by atoms with Gasteiger partial charge in [0.15, 0.2) is 6.61 Å². The Labute approximate surface area is 203 Å². The highest BCUT2D eigenvalue weighted by atomic mass is 16.5. The standard InChI is InChI=1S/C28H26N4O3/c33-27(30-21-8-10-22(11-9-21)32-16-4-1-5-17-32)19-35-28(34)24-18-26(20-12-14-29-15-13-20)31-25-7-3-2-6-23(24)25/h2-3,6-15,18H,1,4-5,16-17,19H2,(H,30,33). The summed E-state index contributed by atoms with van der Waals surface area (Å²) in [4.78, 5) is 36.5. The van der Waals surface area contributed by atoms with Crippen LogP contribution in [0.3, 0.4) is 0 Å². The predicted molar refractivity (Wildman–Crippen MR) is 136 cm³/mol. The Morgan fingerprint density at radius 3 is 2.43 bits per heavy atom. The zero-order valence-corrected chi connectivity index (χ0v) is 19.3. The molecule has 7 nitrogen and oxygen atoms in total. The molecule has 0 aliphatic carbocycles. The smallest absolute Gasteiger partial charge is 0.339 e. The van der Waals surface area contributed by atoms with Crippen LogP contribution in [0.1, 0.15) is 29.6 Å². The number of para-hydroxylation sites is 1. The summed E-state index contributed by atoms with van der Waals surface area (Å²) in [7, 11) is 0. The average molecular weight is 467 g/mol. The van der Waals surface area contributed by atoms with E-state index in [1.165, 1.54) is 19.3 Å². The molecule has 35 heavy (non-hydrogen) atoms. The van der Waals surface area contributed by atoms with Gasteiger partial charge >= 0.3 is 5.97 Å². The van der Waals surface area contributed by atoms with Crippen molar-refractivity contribution in [1.29, 1.82) is 0 Å². The van der Waals surface area contributed by atoms with Gasteiger partial charge in [-0.25, -0.2) is 9.78 Å². The molecule has 1 aliphatic rings. The largest absolute Gasteiger partial charge is 0.452 e. The van der Waals surface area contributed by atoms with E-state index in [2.05, 4.69) is 20.2 Å². The Kier molecular flexibility index (Phi) is 6.66. The number of nitrogens with one attached hydrogen (secondary N) is 1. The van der Waals surface area contributed by atoms with Crippen LogP contribution in [-0.2, 0) is 9.53 Å². The number of amides is 1. The van der Waals surface area contributed by atoms with Crippen LogP contribution in [-0.4, -0.2) is 41.5 Å². The highest BCUT2D eigenvalue weighted by Gasteiger charge is 2.17. The second kappa shape index (κ2) is 10.3. The van der Waals surface area contributed by atoms with Gasteiger partial charge in [-0.3, -0.25) is 9.78 Å². The molecule has 0 bridgehead atoms. The number of nitrogens with zero attached hydrogens (tertiary/aromatic N) is 3. The first-order valence-corrected chi connectivity index (χ1v) is 11.8. The van der Waals surface area contributed by atoms with Crippen molar-refractivity contribution in [1.82, 2.24) is 9.97 Å². The zero-order chi connectivity index (χ0) is 24.0. The maximum Gasteiger partial charge on any atom is 0.339 e. The third kappa shape index (κ3) is 5.30. The molecule has 2 aromatic carbocycles. The molecule has 1 saturated heterocycles. The number of carbonyl (C=O) groups is 2. The third-order valence-corrected chi connectivity index (χ3v) is 6.12. The van der Waals surface area contributed by atoms with Gasteiger partial charge in [0.25, 0.3) is 5.91 Å². The number of pyridine rings is 2. The Hall–Kier alpha value is -4.26. The lowest BCUT2D eigenvalue weighted by Crippen LogP contribution is -2.29. The van der Waals surface area contributed by atoms with Crippen molar-refractivity contribution in [2.75, 3.05) is 29.9 Å². The van der Waals surface area contributed by atoms with Crippen LogP contribution in [0.4, 0.5) is 11.4 Å². The van der Waals surface area contributed by atoms with Crippen LogP contribution < -0.4 is 10.2 Å². The molecule has 0 unspecified atom stereocenters. The Morgan fingerprint density at radius 2 is 1.66 bits per heavy atom. The summed E-state index contributed by atoms with van der Waals surface area (Å²) in [6.07, 6.45) is 7.05. The van der Waals surface area contributed by atoms with Crippen LogP contribution in [0.25, 0.3) is 22.2 Å². The van der Waals surface area contributed by atoms with E-state index >= 15 is 0 Å². The molecule has 176 valence electrons. The molecule has 3 heterocycles. The van der Waals surface area contributed by atoms with Gasteiger partial charge in [0.1, 0.15) is 0 Å². The Balaban J connectivity index is 1.26. The number of anilines is 2. The number of hydrogen-bond donors (Lipinski definition) is 1. The van der Waals surface area contributed by atoms with Crippen LogP contribution in [0.5, 0.6) is 0 Å². The lowest BCUT2D eigenvalue weighted by molar-refractivity contribution is -0.119. The van der Waals surface area contributed by atoms with E-state index in [-0.39, 0.29) is 6.61 Å². The SMILES string of the molecule is O=C(COC(=O)c1cc(-c2ccncc2)nc2ccccc12)Nc1ccc(N2CCCCC2)cc1. The quantitative estimate of drug-likeness (QED) is 0.399. The molecule has 0 spiro atoms. The van der Waals surface area contributed by atoms with Gasteiger partial charge in [0, 0.05) is 47.8 Å². The lowest BCUT2D eigenvalue weighted by atomic mass is 10.0. The van der Waals surface area contributed by atoms with Crippen molar-refractivity contribution in [2.24, 2.45) is 0 Å². The number of rotatable bonds is 6. The summed E-state index contributed by atoms with van der Waals surface area (Å²) in [6.45, 7) is 1.75. The van der Waals surface area contributed by atoms with Crippen LogP contribution in [0.2, 0.25) is 0 Å². The molecule has 1 fully saturated rings. The number of carbonyl (C=O) groups excluding carboxylic acids is 2. The molecule has 7 heteroatoms. The molecule has 4 aromatic rings. The van der Waals surface area contributed by atoms with E-state index in [1.54, 1.807) is 18.5 Å². The number of aromatic nitrogens is 2. The van der Waals surface area contributed by atoms with Gasteiger partial charge in [-0.05, 0) is 67.8 Å². The van der Waals surface area contributed by atoms with E-state index in [1.807, 2.05) is 60.7 Å². The first-order valence-electron chi connectivity index (χ1n) is 11.8. The number of esters is 1. The molecule has 0 radical (unpaired) electrons. The number of hydrogen-bond acceptors (Lipinski definition) is 6. The topological polar surface area (TPSA) is 84.4 Å². The van der Waals surface area contributed by atoms with Crippen LogP contribution >= 0.6 is 0 Å². The average Bonchev–Trinajstić information content (AvgIpc) is 2.92. The maximum atomic E-state index is 13.0. The molecule has 5 rings (SSSR count). The Bertz CT molecular complexity index is 1330. The minimum Gasteiger partial charge on any atom is -0.452 e. The van der Waals surface area contributed by atoms with Gasteiger partial charge in [-0.2, -0.15) is 0 Å². The normalized spacial score (nSPS) is 13.4. The first kappa shape index (κ1) is 22.5. The fourth-order valence-corrected chi connectivity index (χ4v) is 4.33. The summed E-state index contributed by atoms with van der Waals surface area (Å²) in [5.41, 5.74) is 4.33. The molecular weight excluding hydrogens is 440 g/mol. The van der Waals surface area contributed by atoms with Crippen LogP contribution in [0.15, 0.2) is 79.1 Å². The number of benzene rings is 2. The number of fused-ring (bicyclic) bond motifs is 1. The van der Waals surface area contributed by atoms with Crippen molar-refractivity contribution >= 4 is 34.2 Å². The van der Waals surface area contributed by atoms with Crippen molar-refractivity contribution < 1.29 is 14.3 Å². The predicted octanol–water partition coefficient (Wildman–Crippen LogP) is 5.08. The maximum absolute atomic E-state index is 13.0. The van der Waals surface area contributed by atoms with E-state index < -0.39 is 11.9 Å². The number of piperidine rings is 1. The van der Waals surface area contributed by atoms with Gasteiger partial charge in [0.05, 0.1) is 16.8 Å². The summed E-state index contributed by atoms with van der Waals surface area (Å²) in [6, 6.07) is 20.5. The molecular formula is C28H26N4O3. The molecule has 2 aromatic heterocycles. The van der Waals surface area contributed by atoms with Crippen molar-refractivity contribution in [3.8, 4) is 11.3 Å². The second-order valence-corrected chi connectivity index (χ2v) is 8.53. The summed E-state index contributed by atoms with van der Waals surface area (Å²) >= 11 is 0. The lowest BCUT2D eigenvalue weighted by Gasteiger charge is -2.28. The second-order valence-electron chi connectivity index (χ2n) is 8.53. The van der Waals surface area contributed by atoms with E-state index in [4.69, 9.17) is 4.74 Å². The molecule has 0 saturated carbocycles. The van der Waals surface area contributed by atoms with E-state index in [0.717, 1.165) is 24.3 Å². The van der Waals surface area contributed by atoms with Crippen molar-refractivity contribution in [3.05, 3.63) is 84.7 Å². The molecule has 1 aliphatic heterocycles. The molecule has 0 atom stereocenters. The minimum atomic E-state index is -0.575. The van der Waals surface area contributed by atoms with Crippen molar-refractivity contribution in [3.63, 3.8) is 0 Å². The Morgan fingerprint density at radius 1 is 0.914 bits per heavy atom. The van der Waals surface area contributed by atoms with E-state index in [0.29, 0.717) is 27.8 Å². The highest BCUT2D eigenvalue weighted by molar-refractivity contribution is 6.05. The highest BCUT2D eigenvalue weighted by Crippen LogP contribution is 2.25. The molecule has 1 amide bonds. The van der Waals surface area contributed by atoms with Crippen LogP contribution in [0, 0.1) is 0 Å². The zero-order valence-electron chi connectivity index (χ0n) is 19.3. The van der Waals surface area contributed by atoms with Gasteiger partial charge in [-0.15, -0.1) is 0 Å². The number of ether oxygens (including phenoxy) is 1.